The predicted octanol–water partition coefficient (Wildman–Crippen LogP) is 3.20. The van der Waals surface area contributed by atoms with Gasteiger partial charge in [0.15, 0.2) is 0 Å². The molecule has 1 aromatic carbocycles. The van der Waals surface area contributed by atoms with Crippen LogP contribution in [0.3, 0.4) is 0 Å². The lowest BCUT2D eigenvalue weighted by Gasteiger charge is -2.09. The summed E-state index contributed by atoms with van der Waals surface area (Å²) in [6.45, 7) is 4.00. The number of carbonyl (C=O) groups excluding carboxylic acids is 1. The maximum atomic E-state index is 12.0. The number of anilines is 2. The van der Waals surface area contributed by atoms with E-state index in [1.54, 1.807) is 24.3 Å². The van der Waals surface area contributed by atoms with Gasteiger partial charge in [0.05, 0.1) is 23.1 Å². The number of hydrogen-bond acceptors (Lipinski definition) is 4. The van der Waals surface area contributed by atoms with Crippen molar-refractivity contribution in [2.24, 2.45) is 0 Å². The molecular weight excluding hydrogens is 276 g/mol. The van der Waals surface area contributed by atoms with E-state index in [4.69, 9.17) is 11.6 Å². The van der Waals surface area contributed by atoms with Crippen molar-refractivity contribution in [3.8, 4) is 0 Å². The van der Waals surface area contributed by atoms with E-state index in [1.807, 2.05) is 13.8 Å². The van der Waals surface area contributed by atoms with E-state index >= 15 is 0 Å². The highest BCUT2D eigenvalue weighted by atomic mass is 35.5. The molecule has 2 rings (SSSR count). The predicted molar refractivity (Wildman–Crippen MR) is 80.2 cm³/mol. The fourth-order valence-corrected chi connectivity index (χ4v) is 1.75. The minimum absolute atomic E-state index is 0.235. The number of rotatable bonds is 4. The second kappa shape index (κ2) is 6.34. The average molecular weight is 291 g/mol. The summed E-state index contributed by atoms with van der Waals surface area (Å²) in [4.78, 5) is 20.2. The van der Waals surface area contributed by atoms with Crippen LogP contribution in [0, 0.1) is 0 Å². The lowest BCUT2D eigenvalue weighted by molar-refractivity contribution is 0.102. The number of benzene rings is 1. The molecule has 1 amide bonds. The van der Waals surface area contributed by atoms with Crippen LogP contribution < -0.4 is 10.6 Å². The highest BCUT2D eigenvalue weighted by Crippen LogP contribution is 2.20. The van der Waals surface area contributed by atoms with Crippen molar-refractivity contribution in [3.63, 3.8) is 0 Å². The van der Waals surface area contributed by atoms with Crippen molar-refractivity contribution >= 4 is 29.0 Å². The normalized spacial score (nSPS) is 10.4. The van der Waals surface area contributed by atoms with E-state index in [9.17, 15) is 4.79 Å². The zero-order valence-corrected chi connectivity index (χ0v) is 12.0. The van der Waals surface area contributed by atoms with Crippen LogP contribution >= 0.6 is 11.6 Å². The molecule has 2 aromatic rings. The third-order valence-corrected chi connectivity index (χ3v) is 2.77. The minimum Gasteiger partial charge on any atom is -0.367 e. The van der Waals surface area contributed by atoms with Crippen molar-refractivity contribution in [2.45, 2.75) is 19.9 Å². The van der Waals surface area contributed by atoms with E-state index in [2.05, 4.69) is 20.6 Å². The molecule has 0 aliphatic rings. The van der Waals surface area contributed by atoms with Gasteiger partial charge in [0.1, 0.15) is 11.5 Å². The van der Waals surface area contributed by atoms with Crippen LogP contribution in [0.2, 0.25) is 5.02 Å². The topological polar surface area (TPSA) is 66.9 Å². The molecule has 0 spiro atoms. The Bertz CT molecular complexity index is 598. The van der Waals surface area contributed by atoms with Crippen LogP contribution in [-0.4, -0.2) is 21.9 Å². The zero-order chi connectivity index (χ0) is 14.5. The Hall–Kier alpha value is -2.14. The SMILES string of the molecule is CC(C)Nc1cnc(C(=O)Nc2ccccc2Cl)cn1. The van der Waals surface area contributed by atoms with Crippen LogP contribution in [0.4, 0.5) is 11.5 Å². The molecule has 0 aliphatic carbocycles. The fourth-order valence-electron chi connectivity index (χ4n) is 1.56. The molecule has 2 N–H and O–H groups in total. The molecule has 5 nitrogen and oxygen atoms in total. The Labute approximate surface area is 122 Å². The molecule has 1 aromatic heterocycles. The number of aromatic nitrogens is 2. The highest BCUT2D eigenvalue weighted by molar-refractivity contribution is 6.33. The van der Waals surface area contributed by atoms with Gasteiger partial charge in [-0.15, -0.1) is 0 Å². The fraction of sp³-hybridized carbons (Fsp3) is 0.214. The van der Waals surface area contributed by atoms with Crippen molar-refractivity contribution in [1.29, 1.82) is 0 Å². The smallest absolute Gasteiger partial charge is 0.275 e. The van der Waals surface area contributed by atoms with E-state index in [1.165, 1.54) is 12.4 Å². The van der Waals surface area contributed by atoms with Crippen molar-refractivity contribution in [1.82, 2.24) is 9.97 Å². The van der Waals surface area contributed by atoms with Gasteiger partial charge < -0.3 is 10.6 Å². The van der Waals surface area contributed by atoms with Crippen LogP contribution in [0.25, 0.3) is 0 Å². The zero-order valence-electron chi connectivity index (χ0n) is 11.2. The van der Waals surface area contributed by atoms with Crippen LogP contribution in [-0.2, 0) is 0 Å². The van der Waals surface area contributed by atoms with Gasteiger partial charge >= 0.3 is 0 Å². The Morgan fingerprint density at radius 1 is 1.20 bits per heavy atom. The maximum Gasteiger partial charge on any atom is 0.275 e. The van der Waals surface area contributed by atoms with Crippen LogP contribution in [0.5, 0.6) is 0 Å². The van der Waals surface area contributed by atoms with Gasteiger partial charge in [-0.1, -0.05) is 23.7 Å². The number of nitrogens with one attached hydrogen (secondary N) is 2. The molecule has 0 bridgehead atoms. The minimum atomic E-state index is -0.346. The van der Waals surface area contributed by atoms with Crippen molar-refractivity contribution < 1.29 is 4.79 Å². The Morgan fingerprint density at radius 3 is 2.55 bits per heavy atom. The summed E-state index contributed by atoms with van der Waals surface area (Å²) < 4.78 is 0. The highest BCUT2D eigenvalue weighted by Gasteiger charge is 2.10. The van der Waals surface area contributed by atoms with Gasteiger partial charge in [0.2, 0.25) is 0 Å². The number of para-hydroxylation sites is 1. The summed E-state index contributed by atoms with van der Waals surface area (Å²) in [5, 5.41) is 6.27. The number of nitrogens with zero attached hydrogens (tertiary/aromatic N) is 2. The molecule has 0 aliphatic heterocycles. The Kier molecular flexibility index (Phi) is 4.53. The molecule has 6 heteroatoms. The Balaban J connectivity index is 2.08. The van der Waals surface area contributed by atoms with Crippen molar-refractivity contribution in [2.75, 3.05) is 10.6 Å². The number of carbonyl (C=O) groups is 1. The number of halogens is 1. The molecule has 104 valence electrons. The largest absolute Gasteiger partial charge is 0.367 e. The average Bonchev–Trinajstić information content (AvgIpc) is 2.41. The van der Waals surface area contributed by atoms with E-state index in [0.717, 1.165) is 0 Å². The molecule has 0 fully saturated rings. The standard InChI is InChI=1S/C14H15ClN4O/c1-9(2)18-13-8-16-12(7-17-13)14(20)19-11-6-4-3-5-10(11)15/h3-9H,1-2H3,(H,17,18)(H,19,20). The first-order chi connectivity index (χ1) is 9.56. The second-order valence-electron chi connectivity index (χ2n) is 4.52. The molecule has 1 heterocycles. The van der Waals surface area contributed by atoms with E-state index in [-0.39, 0.29) is 17.6 Å². The van der Waals surface area contributed by atoms with Gasteiger partial charge in [-0.05, 0) is 26.0 Å². The maximum absolute atomic E-state index is 12.0. The Morgan fingerprint density at radius 2 is 1.95 bits per heavy atom. The molecular formula is C14H15ClN4O. The summed E-state index contributed by atoms with van der Waals surface area (Å²) in [5.74, 6) is 0.288. The summed E-state index contributed by atoms with van der Waals surface area (Å²) >= 11 is 5.98. The molecule has 0 unspecified atom stereocenters. The molecule has 0 saturated heterocycles. The van der Waals surface area contributed by atoms with Gasteiger partial charge in [-0.25, -0.2) is 9.97 Å². The van der Waals surface area contributed by atoms with Crippen molar-refractivity contribution in [3.05, 3.63) is 47.4 Å². The van der Waals surface area contributed by atoms with Gasteiger partial charge in [0.25, 0.3) is 5.91 Å². The number of amides is 1. The van der Waals surface area contributed by atoms with Gasteiger partial charge in [0, 0.05) is 6.04 Å². The lowest BCUT2D eigenvalue weighted by Crippen LogP contribution is -2.16. The molecule has 0 radical (unpaired) electrons. The molecule has 0 saturated carbocycles. The second-order valence-corrected chi connectivity index (χ2v) is 4.93. The lowest BCUT2D eigenvalue weighted by atomic mass is 10.3. The molecule has 0 atom stereocenters. The third kappa shape index (κ3) is 3.68. The molecule has 20 heavy (non-hydrogen) atoms. The summed E-state index contributed by atoms with van der Waals surface area (Å²) in [6.07, 6.45) is 2.96. The number of hydrogen-bond donors (Lipinski definition) is 2. The first-order valence-corrected chi connectivity index (χ1v) is 6.58. The van der Waals surface area contributed by atoms with E-state index < -0.39 is 0 Å². The van der Waals surface area contributed by atoms with Gasteiger partial charge in [-0.2, -0.15) is 0 Å². The summed E-state index contributed by atoms with van der Waals surface area (Å²) in [5.41, 5.74) is 0.782. The van der Waals surface area contributed by atoms with Crippen LogP contribution in [0.1, 0.15) is 24.3 Å². The monoisotopic (exact) mass is 290 g/mol. The summed E-state index contributed by atoms with van der Waals surface area (Å²) in [7, 11) is 0. The van der Waals surface area contributed by atoms with E-state index in [0.29, 0.717) is 16.5 Å². The first kappa shape index (κ1) is 14.3. The van der Waals surface area contributed by atoms with Gasteiger partial charge in [-0.3, -0.25) is 4.79 Å². The first-order valence-electron chi connectivity index (χ1n) is 6.20. The third-order valence-electron chi connectivity index (χ3n) is 2.44. The van der Waals surface area contributed by atoms with Crippen LogP contribution in [0.15, 0.2) is 36.7 Å². The summed E-state index contributed by atoms with van der Waals surface area (Å²) in [6, 6.07) is 7.28. The quantitative estimate of drug-likeness (QED) is 0.907.